The SMILES string of the molecule is C/C=C1/c2nc3ccc(OC(=O)N4CCC(N5CCCCC5)CC4)cc3c(CC)c2CN1OC. The summed E-state index contributed by atoms with van der Waals surface area (Å²) in [6.45, 7) is 8.79. The number of hydroxylamine groups is 2. The number of hydrogen-bond acceptors (Lipinski definition) is 6. The fourth-order valence-electron chi connectivity index (χ4n) is 5.85. The van der Waals surface area contributed by atoms with Crippen LogP contribution in [-0.2, 0) is 17.8 Å². The van der Waals surface area contributed by atoms with Gasteiger partial charge in [0.2, 0.25) is 0 Å². The van der Waals surface area contributed by atoms with E-state index < -0.39 is 0 Å². The maximum absolute atomic E-state index is 12.9. The second-order valence-corrected chi connectivity index (χ2v) is 9.53. The van der Waals surface area contributed by atoms with Gasteiger partial charge in [-0.15, -0.1) is 0 Å². The Morgan fingerprint density at radius 2 is 1.91 bits per heavy atom. The molecule has 0 atom stereocenters. The van der Waals surface area contributed by atoms with Gasteiger partial charge in [0.15, 0.2) is 0 Å². The third kappa shape index (κ3) is 4.27. The number of carbonyl (C=O) groups is 1. The Bertz CT molecular complexity index is 1080. The van der Waals surface area contributed by atoms with E-state index in [1.807, 2.05) is 41.2 Å². The first-order chi connectivity index (χ1) is 16.6. The van der Waals surface area contributed by atoms with Crippen LogP contribution in [0.3, 0.4) is 0 Å². The molecule has 5 rings (SSSR count). The Labute approximate surface area is 202 Å². The maximum atomic E-state index is 12.9. The summed E-state index contributed by atoms with van der Waals surface area (Å²) in [5, 5.41) is 2.92. The maximum Gasteiger partial charge on any atom is 0.415 e. The van der Waals surface area contributed by atoms with Gasteiger partial charge < -0.3 is 14.5 Å². The van der Waals surface area contributed by atoms with E-state index in [2.05, 4.69) is 11.8 Å². The van der Waals surface area contributed by atoms with Gasteiger partial charge in [0.05, 0.1) is 30.6 Å². The van der Waals surface area contributed by atoms with Crippen molar-refractivity contribution in [3.8, 4) is 5.75 Å². The predicted octanol–water partition coefficient (Wildman–Crippen LogP) is 4.98. The Hall–Kier alpha value is -2.64. The molecule has 3 aliphatic rings. The fourth-order valence-corrected chi connectivity index (χ4v) is 5.85. The molecule has 3 aliphatic heterocycles. The van der Waals surface area contributed by atoms with E-state index in [1.54, 1.807) is 7.11 Å². The minimum atomic E-state index is -0.245. The number of aromatic nitrogens is 1. The van der Waals surface area contributed by atoms with Gasteiger partial charge in [-0.25, -0.2) is 14.8 Å². The molecule has 7 nitrogen and oxygen atoms in total. The topological polar surface area (TPSA) is 58.1 Å². The number of rotatable bonds is 4. The number of aryl methyl sites for hydroxylation is 1. The lowest BCUT2D eigenvalue weighted by atomic mass is 9.99. The lowest BCUT2D eigenvalue weighted by Gasteiger charge is -2.39. The molecule has 0 unspecified atom stereocenters. The van der Waals surface area contributed by atoms with Crippen molar-refractivity contribution in [2.45, 2.75) is 65.0 Å². The fraction of sp³-hybridized carbons (Fsp3) is 0.556. The van der Waals surface area contributed by atoms with Gasteiger partial charge in [-0.3, -0.25) is 4.84 Å². The van der Waals surface area contributed by atoms with Crippen molar-refractivity contribution in [3.05, 3.63) is 41.1 Å². The monoisotopic (exact) mass is 464 g/mol. The highest BCUT2D eigenvalue weighted by Gasteiger charge is 2.30. The summed E-state index contributed by atoms with van der Waals surface area (Å²) in [5.74, 6) is 0.583. The number of nitrogens with zero attached hydrogens (tertiary/aromatic N) is 4. The second-order valence-electron chi connectivity index (χ2n) is 9.53. The van der Waals surface area contributed by atoms with E-state index in [-0.39, 0.29) is 6.09 Å². The number of piperidine rings is 2. The molecule has 7 heteroatoms. The Kier molecular flexibility index (Phi) is 6.75. The zero-order valence-corrected chi connectivity index (χ0v) is 20.7. The van der Waals surface area contributed by atoms with E-state index >= 15 is 0 Å². The largest absolute Gasteiger partial charge is 0.415 e. The van der Waals surface area contributed by atoms with Gasteiger partial charge in [-0.05, 0) is 75.9 Å². The summed E-state index contributed by atoms with van der Waals surface area (Å²) in [5.41, 5.74) is 5.31. The smallest absolute Gasteiger partial charge is 0.410 e. The van der Waals surface area contributed by atoms with Crippen LogP contribution >= 0.6 is 0 Å². The lowest BCUT2D eigenvalue weighted by molar-refractivity contribution is -0.0777. The first kappa shape index (κ1) is 23.1. The number of ether oxygens (including phenoxy) is 1. The molecule has 0 spiro atoms. The zero-order chi connectivity index (χ0) is 23.7. The van der Waals surface area contributed by atoms with Crippen LogP contribution in [0.4, 0.5) is 4.79 Å². The van der Waals surface area contributed by atoms with Crippen molar-refractivity contribution in [2.24, 2.45) is 0 Å². The van der Waals surface area contributed by atoms with Gasteiger partial charge in [0.25, 0.3) is 0 Å². The standard InChI is InChI=1S/C27H36N4O3/c1-4-21-22-17-20(9-10-24(22)28-26-23(21)18-31(33-3)25(26)5-2)34-27(32)30-15-11-19(12-16-30)29-13-7-6-8-14-29/h5,9-10,17,19H,4,6-8,11-16,18H2,1-3H3/b25-5-. The van der Waals surface area contributed by atoms with Gasteiger partial charge in [-0.1, -0.05) is 19.4 Å². The van der Waals surface area contributed by atoms with Crippen molar-refractivity contribution in [3.63, 3.8) is 0 Å². The summed E-state index contributed by atoms with van der Waals surface area (Å²) >= 11 is 0. The average molecular weight is 465 g/mol. The molecule has 2 aromatic rings. The first-order valence-electron chi connectivity index (χ1n) is 12.8. The normalized spacial score (nSPS) is 20.9. The molecule has 34 heavy (non-hydrogen) atoms. The van der Waals surface area contributed by atoms with Crippen LogP contribution in [0.5, 0.6) is 5.75 Å². The van der Waals surface area contributed by atoms with Crippen molar-refractivity contribution < 1.29 is 14.4 Å². The number of hydrogen-bond donors (Lipinski definition) is 0. The highest BCUT2D eigenvalue weighted by molar-refractivity contribution is 5.89. The Morgan fingerprint density at radius 3 is 2.59 bits per heavy atom. The van der Waals surface area contributed by atoms with E-state index in [9.17, 15) is 4.79 Å². The van der Waals surface area contributed by atoms with Crippen molar-refractivity contribution >= 4 is 22.7 Å². The molecule has 0 N–H and O–H groups in total. The van der Waals surface area contributed by atoms with Crippen LogP contribution in [0.2, 0.25) is 0 Å². The van der Waals surface area contributed by atoms with Crippen molar-refractivity contribution in [1.29, 1.82) is 0 Å². The summed E-state index contributed by atoms with van der Waals surface area (Å²) < 4.78 is 5.85. The molecule has 0 aliphatic carbocycles. The molecule has 4 heterocycles. The number of likely N-dealkylation sites (tertiary alicyclic amines) is 2. The molecule has 2 fully saturated rings. The lowest BCUT2D eigenvalue weighted by Crippen LogP contribution is -2.48. The molecule has 1 aromatic heterocycles. The quantitative estimate of drug-likeness (QED) is 0.636. The van der Waals surface area contributed by atoms with E-state index in [0.717, 1.165) is 54.6 Å². The van der Waals surface area contributed by atoms with E-state index in [1.165, 1.54) is 43.5 Å². The number of fused-ring (bicyclic) bond motifs is 2. The third-order valence-electron chi connectivity index (χ3n) is 7.67. The number of amides is 1. The van der Waals surface area contributed by atoms with Crippen LogP contribution in [0, 0.1) is 0 Å². The minimum Gasteiger partial charge on any atom is -0.410 e. The van der Waals surface area contributed by atoms with Gasteiger partial charge in [0, 0.05) is 30.1 Å². The average Bonchev–Trinajstić information content (AvgIpc) is 3.25. The van der Waals surface area contributed by atoms with Crippen LogP contribution in [0.15, 0.2) is 24.3 Å². The van der Waals surface area contributed by atoms with Crippen LogP contribution in [-0.4, -0.2) is 65.3 Å². The molecular weight excluding hydrogens is 428 g/mol. The molecule has 0 radical (unpaired) electrons. The van der Waals surface area contributed by atoms with Crippen LogP contribution < -0.4 is 4.74 Å². The molecule has 1 aromatic carbocycles. The molecule has 0 saturated carbocycles. The molecule has 182 valence electrons. The second kappa shape index (κ2) is 9.92. The van der Waals surface area contributed by atoms with E-state index in [4.69, 9.17) is 14.6 Å². The van der Waals surface area contributed by atoms with Crippen LogP contribution in [0.25, 0.3) is 16.6 Å². The van der Waals surface area contributed by atoms with Crippen molar-refractivity contribution in [1.82, 2.24) is 19.8 Å². The van der Waals surface area contributed by atoms with Gasteiger partial charge in [-0.2, -0.15) is 0 Å². The van der Waals surface area contributed by atoms with Gasteiger partial charge >= 0.3 is 6.09 Å². The molecular formula is C27H36N4O3. The van der Waals surface area contributed by atoms with Crippen molar-refractivity contribution in [2.75, 3.05) is 33.3 Å². The molecule has 1 amide bonds. The summed E-state index contributed by atoms with van der Waals surface area (Å²) in [7, 11) is 1.69. The Balaban J connectivity index is 1.31. The van der Waals surface area contributed by atoms with Crippen LogP contribution in [0.1, 0.15) is 62.8 Å². The predicted molar refractivity (Wildman–Crippen MR) is 133 cm³/mol. The zero-order valence-electron chi connectivity index (χ0n) is 20.7. The third-order valence-corrected chi connectivity index (χ3v) is 7.67. The summed E-state index contributed by atoms with van der Waals surface area (Å²) in [6, 6.07) is 6.41. The number of pyridine rings is 1. The summed E-state index contributed by atoms with van der Waals surface area (Å²) in [4.78, 5) is 27.9. The molecule has 2 saturated heterocycles. The first-order valence-corrected chi connectivity index (χ1v) is 12.8. The summed E-state index contributed by atoms with van der Waals surface area (Å²) in [6.07, 6.45) is 8.70. The van der Waals surface area contributed by atoms with Gasteiger partial charge in [0.1, 0.15) is 5.75 Å². The highest BCUT2D eigenvalue weighted by Crippen LogP contribution is 2.38. The van der Waals surface area contributed by atoms with E-state index in [0.29, 0.717) is 18.3 Å². The Morgan fingerprint density at radius 1 is 1.15 bits per heavy atom. The number of allylic oxidation sites excluding steroid dienone is 1. The minimum absolute atomic E-state index is 0.245. The molecule has 0 bridgehead atoms. The number of benzene rings is 1. The highest BCUT2D eigenvalue weighted by atomic mass is 16.7. The number of carbonyl (C=O) groups excluding carboxylic acids is 1.